The van der Waals surface area contributed by atoms with Crippen LogP contribution in [0.15, 0.2) is 18.2 Å². The van der Waals surface area contributed by atoms with Crippen molar-refractivity contribution in [2.24, 2.45) is 5.73 Å². The zero-order valence-corrected chi connectivity index (χ0v) is 12.6. The summed E-state index contributed by atoms with van der Waals surface area (Å²) < 4.78 is 1.91. The lowest BCUT2D eigenvalue weighted by Gasteiger charge is -2.06. The second kappa shape index (κ2) is 5.95. The van der Waals surface area contributed by atoms with E-state index in [1.807, 2.05) is 23.7 Å². The van der Waals surface area contributed by atoms with E-state index in [2.05, 4.69) is 12.0 Å². The maximum atomic E-state index is 6.06. The molecule has 2 N–H and O–H groups in total. The van der Waals surface area contributed by atoms with Crippen LogP contribution in [-0.2, 0) is 6.42 Å². The molecule has 0 spiro atoms. The molecule has 0 unspecified atom stereocenters. The van der Waals surface area contributed by atoms with Gasteiger partial charge in [0.2, 0.25) is 0 Å². The standard InChI is InChI=1S/C14H17Cl2N3/c1-9-12(4-3-7-17)10(2)19(18-9)11-5-6-13(15)14(16)8-11/h5-6,8H,3-4,7,17H2,1-2H3. The second-order valence-electron chi connectivity index (χ2n) is 4.55. The molecule has 1 aromatic heterocycles. The Kier molecular flexibility index (Phi) is 4.50. The van der Waals surface area contributed by atoms with Crippen molar-refractivity contribution in [2.75, 3.05) is 6.54 Å². The third-order valence-corrected chi connectivity index (χ3v) is 3.96. The second-order valence-corrected chi connectivity index (χ2v) is 5.37. The van der Waals surface area contributed by atoms with Crippen LogP contribution in [0.4, 0.5) is 0 Å². The molecular weight excluding hydrogens is 281 g/mol. The summed E-state index contributed by atoms with van der Waals surface area (Å²) in [6.07, 6.45) is 1.92. The molecule has 0 amide bonds. The molecule has 102 valence electrons. The van der Waals surface area contributed by atoms with E-state index in [1.54, 1.807) is 6.07 Å². The highest BCUT2D eigenvalue weighted by atomic mass is 35.5. The summed E-state index contributed by atoms with van der Waals surface area (Å²) in [6, 6.07) is 5.53. The Bertz CT molecular complexity index is 591. The van der Waals surface area contributed by atoms with Crippen LogP contribution in [-0.4, -0.2) is 16.3 Å². The molecule has 19 heavy (non-hydrogen) atoms. The molecule has 0 fully saturated rings. The first-order chi connectivity index (χ1) is 9.04. The average molecular weight is 298 g/mol. The Morgan fingerprint density at radius 3 is 2.58 bits per heavy atom. The molecular formula is C14H17Cl2N3. The monoisotopic (exact) mass is 297 g/mol. The topological polar surface area (TPSA) is 43.8 Å². The van der Waals surface area contributed by atoms with Gasteiger partial charge in [-0.3, -0.25) is 0 Å². The van der Waals surface area contributed by atoms with Crippen molar-refractivity contribution in [2.45, 2.75) is 26.7 Å². The molecule has 5 heteroatoms. The van der Waals surface area contributed by atoms with Gasteiger partial charge in [0.15, 0.2) is 0 Å². The van der Waals surface area contributed by atoms with Crippen LogP contribution in [0.3, 0.4) is 0 Å². The third-order valence-electron chi connectivity index (χ3n) is 3.22. The maximum absolute atomic E-state index is 6.06. The minimum absolute atomic E-state index is 0.537. The summed E-state index contributed by atoms with van der Waals surface area (Å²) in [7, 11) is 0. The molecule has 0 saturated carbocycles. The fraction of sp³-hybridized carbons (Fsp3) is 0.357. The summed E-state index contributed by atoms with van der Waals surface area (Å²) in [5, 5.41) is 5.67. The fourth-order valence-electron chi connectivity index (χ4n) is 2.18. The Morgan fingerprint density at radius 1 is 1.21 bits per heavy atom. The number of hydrogen-bond acceptors (Lipinski definition) is 2. The van der Waals surface area contributed by atoms with E-state index in [1.165, 1.54) is 5.56 Å². The van der Waals surface area contributed by atoms with Crippen molar-refractivity contribution in [1.82, 2.24) is 9.78 Å². The Balaban J connectivity index is 2.42. The van der Waals surface area contributed by atoms with E-state index in [4.69, 9.17) is 28.9 Å². The van der Waals surface area contributed by atoms with E-state index in [0.29, 0.717) is 16.6 Å². The predicted molar refractivity (Wildman–Crippen MR) is 80.4 cm³/mol. The van der Waals surface area contributed by atoms with Gasteiger partial charge in [-0.15, -0.1) is 0 Å². The number of rotatable bonds is 4. The van der Waals surface area contributed by atoms with Crippen LogP contribution < -0.4 is 5.73 Å². The van der Waals surface area contributed by atoms with E-state index in [9.17, 15) is 0 Å². The first-order valence-corrected chi connectivity index (χ1v) is 7.00. The molecule has 0 bridgehead atoms. The summed E-state index contributed by atoms with van der Waals surface area (Å²) in [5.41, 5.74) is 9.93. The van der Waals surface area contributed by atoms with Gasteiger partial charge < -0.3 is 5.73 Å². The maximum Gasteiger partial charge on any atom is 0.0664 e. The highest BCUT2D eigenvalue weighted by Gasteiger charge is 2.13. The first kappa shape index (κ1) is 14.4. The van der Waals surface area contributed by atoms with Gasteiger partial charge in [-0.05, 0) is 57.0 Å². The van der Waals surface area contributed by atoms with E-state index < -0.39 is 0 Å². The zero-order chi connectivity index (χ0) is 14.0. The molecule has 0 atom stereocenters. The highest BCUT2D eigenvalue weighted by molar-refractivity contribution is 6.42. The van der Waals surface area contributed by atoms with Crippen molar-refractivity contribution >= 4 is 23.2 Å². The lowest BCUT2D eigenvalue weighted by atomic mass is 10.1. The number of nitrogens with zero attached hydrogens (tertiary/aromatic N) is 2. The number of aryl methyl sites for hydroxylation is 1. The first-order valence-electron chi connectivity index (χ1n) is 6.25. The third kappa shape index (κ3) is 2.94. The Hall–Kier alpha value is -1.03. The number of benzene rings is 1. The van der Waals surface area contributed by atoms with Crippen molar-refractivity contribution in [1.29, 1.82) is 0 Å². The molecule has 0 radical (unpaired) electrons. The van der Waals surface area contributed by atoms with Gasteiger partial charge >= 0.3 is 0 Å². The summed E-state index contributed by atoms with van der Waals surface area (Å²) >= 11 is 12.0. The number of halogens is 2. The van der Waals surface area contributed by atoms with Crippen LogP contribution in [0.2, 0.25) is 10.0 Å². The number of aromatic nitrogens is 2. The Morgan fingerprint density at radius 2 is 1.95 bits per heavy atom. The molecule has 1 aromatic carbocycles. The van der Waals surface area contributed by atoms with Gasteiger partial charge in [0.25, 0.3) is 0 Å². The van der Waals surface area contributed by atoms with Gasteiger partial charge in [-0.1, -0.05) is 23.2 Å². The summed E-state index contributed by atoms with van der Waals surface area (Å²) in [5.74, 6) is 0. The largest absolute Gasteiger partial charge is 0.330 e. The summed E-state index contributed by atoms with van der Waals surface area (Å²) in [6.45, 7) is 4.78. The highest BCUT2D eigenvalue weighted by Crippen LogP contribution is 2.26. The van der Waals surface area contributed by atoms with Crippen LogP contribution in [0, 0.1) is 13.8 Å². The normalized spacial score (nSPS) is 11.0. The van der Waals surface area contributed by atoms with Gasteiger partial charge in [-0.25, -0.2) is 4.68 Å². The van der Waals surface area contributed by atoms with Gasteiger partial charge in [0.05, 0.1) is 21.4 Å². The molecule has 0 aliphatic carbocycles. The minimum Gasteiger partial charge on any atom is -0.330 e. The lowest BCUT2D eigenvalue weighted by Crippen LogP contribution is -2.02. The number of hydrogen-bond donors (Lipinski definition) is 1. The molecule has 0 aliphatic heterocycles. The van der Waals surface area contributed by atoms with Crippen LogP contribution >= 0.6 is 23.2 Å². The average Bonchev–Trinajstić information content (AvgIpc) is 2.66. The molecule has 2 rings (SSSR count). The number of nitrogens with two attached hydrogens (primary N) is 1. The van der Waals surface area contributed by atoms with Gasteiger partial charge in [0.1, 0.15) is 0 Å². The van der Waals surface area contributed by atoms with Crippen LogP contribution in [0.25, 0.3) is 5.69 Å². The van der Waals surface area contributed by atoms with Crippen molar-refractivity contribution in [3.8, 4) is 5.69 Å². The van der Waals surface area contributed by atoms with E-state index in [-0.39, 0.29) is 0 Å². The van der Waals surface area contributed by atoms with Crippen molar-refractivity contribution in [3.05, 3.63) is 45.2 Å². The van der Waals surface area contributed by atoms with Gasteiger partial charge in [0, 0.05) is 5.69 Å². The summed E-state index contributed by atoms with van der Waals surface area (Å²) in [4.78, 5) is 0. The van der Waals surface area contributed by atoms with Gasteiger partial charge in [-0.2, -0.15) is 5.10 Å². The minimum atomic E-state index is 0.537. The molecule has 2 aromatic rings. The molecule has 1 heterocycles. The lowest BCUT2D eigenvalue weighted by molar-refractivity contribution is 0.815. The molecule has 3 nitrogen and oxygen atoms in total. The van der Waals surface area contributed by atoms with Crippen molar-refractivity contribution < 1.29 is 0 Å². The predicted octanol–water partition coefficient (Wildman–Crippen LogP) is 3.69. The molecule has 0 aliphatic rings. The van der Waals surface area contributed by atoms with Crippen LogP contribution in [0.5, 0.6) is 0 Å². The smallest absolute Gasteiger partial charge is 0.0664 e. The quantitative estimate of drug-likeness (QED) is 0.935. The zero-order valence-electron chi connectivity index (χ0n) is 11.1. The van der Waals surface area contributed by atoms with Crippen LogP contribution in [0.1, 0.15) is 23.4 Å². The Labute approximate surface area is 123 Å². The fourth-order valence-corrected chi connectivity index (χ4v) is 2.48. The van der Waals surface area contributed by atoms with E-state index >= 15 is 0 Å². The van der Waals surface area contributed by atoms with Crippen molar-refractivity contribution in [3.63, 3.8) is 0 Å². The molecule has 0 saturated heterocycles. The SMILES string of the molecule is Cc1nn(-c2ccc(Cl)c(Cl)c2)c(C)c1CCCN. The van der Waals surface area contributed by atoms with E-state index in [0.717, 1.165) is 29.9 Å².